The normalized spacial score (nSPS) is 10.5. The summed E-state index contributed by atoms with van der Waals surface area (Å²) >= 11 is 6.89. The molecule has 1 heterocycles. The van der Waals surface area contributed by atoms with Crippen LogP contribution in [0.3, 0.4) is 0 Å². The van der Waals surface area contributed by atoms with Crippen LogP contribution >= 0.6 is 22.9 Å². The van der Waals surface area contributed by atoms with Gasteiger partial charge in [-0.2, -0.15) is 5.26 Å². The number of para-hydroxylation sites is 1. The molecule has 0 saturated carbocycles. The average Bonchev–Trinajstić information content (AvgIpc) is 2.73. The molecule has 7 heteroatoms. The second-order valence-electron chi connectivity index (χ2n) is 3.45. The van der Waals surface area contributed by atoms with Gasteiger partial charge in [-0.05, 0) is 12.1 Å². The van der Waals surface area contributed by atoms with E-state index in [4.69, 9.17) is 22.6 Å². The summed E-state index contributed by atoms with van der Waals surface area (Å²) in [5.74, 6) is 0. The molecule has 0 fully saturated rings. The third-order valence-electron chi connectivity index (χ3n) is 2.26. The van der Waals surface area contributed by atoms with Crippen molar-refractivity contribution in [2.24, 2.45) is 10.2 Å². The van der Waals surface area contributed by atoms with Gasteiger partial charge in [0, 0.05) is 0 Å². The molecule has 2 N–H and O–H groups in total. The molecule has 0 unspecified atom stereocenters. The Labute approximate surface area is 118 Å². The van der Waals surface area contributed by atoms with Crippen LogP contribution in [-0.2, 0) is 0 Å². The molecule has 94 valence electrons. The van der Waals surface area contributed by atoms with Gasteiger partial charge in [-0.25, -0.2) is 0 Å². The number of thiophene rings is 1. The second kappa shape index (κ2) is 5.61. The highest BCUT2D eigenvalue weighted by molar-refractivity contribution is 7.18. The van der Waals surface area contributed by atoms with Crippen LogP contribution in [0.25, 0.3) is 0 Å². The van der Waals surface area contributed by atoms with Crippen LogP contribution in [0.2, 0.25) is 5.02 Å². The van der Waals surface area contributed by atoms with Crippen molar-refractivity contribution in [1.29, 1.82) is 5.26 Å². The fraction of sp³-hybridized carbons (Fsp3) is 0. The van der Waals surface area contributed by atoms with Crippen molar-refractivity contribution in [3.8, 4) is 6.07 Å². The minimum Gasteiger partial charge on any atom is -0.397 e. The number of carbonyl (C=O) groups is 1. The zero-order chi connectivity index (χ0) is 13.8. The molecule has 0 amide bonds. The van der Waals surface area contributed by atoms with Gasteiger partial charge in [0.05, 0.1) is 15.6 Å². The first-order chi connectivity index (χ1) is 9.17. The van der Waals surface area contributed by atoms with E-state index < -0.39 is 0 Å². The van der Waals surface area contributed by atoms with Crippen LogP contribution in [0.15, 0.2) is 34.5 Å². The number of nitriles is 1. The predicted octanol–water partition coefficient (Wildman–Crippen LogP) is 4.08. The molecule has 0 saturated heterocycles. The molecule has 0 bridgehead atoms. The lowest BCUT2D eigenvalue weighted by atomic mass is 10.3. The Morgan fingerprint density at radius 1 is 1.37 bits per heavy atom. The minimum absolute atomic E-state index is 0.109. The molecule has 0 aliphatic carbocycles. The Kier molecular flexibility index (Phi) is 3.90. The van der Waals surface area contributed by atoms with E-state index in [-0.39, 0.29) is 20.5 Å². The van der Waals surface area contributed by atoms with Crippen LogP contribution < -0.4 is 5.73 Å². The lowest BCUT2D eigenvalue weighted by Crippen LogP contribution is -1.82. The van der Waals surface area contributed by atoms with Gasteiger partial charge in [0.15, 0.2) is 11.3 Å². The number of nitrogen functional groups attached to an aromatic ring is 1. The topological polar surface area (TPSA) is 91.6 Å². The summed E-state index contributed by atoms with van der Waals surface area (Å²) in [6, 6.07) is 8.84. The molecule has 2 aromatic rings. The average molecular weight is 291 g/mol. The summed E-state index contributed by atoms with van der Waals surface area (Å²) in [5, 5.41) is 17.3. The molecule has 19 heavy (non-hydrogen) atoms. The van der Waals surface area contributed by atoms with Crippen molar-refractivity contribution in [3.05, 3.63) is 39.7 Å². The van der Waals surface area contributed by atoms with E-state index in [1.54, 1.807) is 24.3 Å². The molecule has 0 aliphatic heterocycles. The number of azo groups is 1. The first kappa shape index (κ1) is 13.2. The fourth-order valence-corrected chi connectivity index (χ4v) is 2.47. The van der Waals surface area contributed by atoms with Gasteiger partial charge in [-0.1, -0.05) is 23.7 Å². The van der Waals surface area contributed by atoms with E-state index in [9.17, 15) is 4.79 Å². The number of benzene rings is 1. The molecule has 1 aromatic heterocycles. The van der Waals surface area contributed by atoms with E-state index in [1.165, 1.54) is 0 Å². The summed E-state index contributed by atoms with van der Waals surface area (Å²) in [4.78, 5) is 11.0. The maximum atomic E-state index is 10.8. The monoisotopic (exact) mass is 290 g/mol. The van der Waals surface area contributed by atoms with E-state index in [2.05, 4.69) is 10.2 Å². The second-order valence-corrected chi connectivity index (χ2v) is 4.86. The zero-order valence-electron chi connectivity index (χ0n) is 9.50. The smallest absolute Gasteiger partial charge is 0.161 e. The Morgan fingerprint density at radius 2 is 2.11 bits per heavy atom. The van der Waals surface area contributed by atoms with Gasteiger partial charge in [0.25, 0.3) is 0 Å². The maximum Gasteiger partial charge on any atom is 0.161 e. The van der Waals surface area contributed by atoms with Crippen molar-refractivity contribution in [1.82, 2.24) is 0 Å². The van der Waals surface area contributed by atoms with Crippen LogP contribution in [-0.4, -0.2) is 6.29 Å². The Bertz CT molecular complexity index is 702. The van der Waals surface area contributed by atoms with Gasteiger partial charge >= 0.3 is 0 Å². The largest absolute Gasteiger partial charge is 0.397 e. The van der Waals surface area contributed by atoms with Gasteiger partial charge < -0.3 is 5.73 Å². The maximum absolute atomic E-state index is 10.8. The number of aldehydes is 1. The van der Waals surface area contributed by atoms with Crippen molar-refractivity contribution < 1.29 is 4.79 Å². The highest BCUT2D eigenvalue weighted by atomic mass is 35.5. The minimum atomic E-state index is 0.109. The summed E-state index contributed by atoms with van der Waals surface area (Å²) < 4.78 is 0. The molecule has 5 nitrogen and oxygen atoms in total. The highest BCUT2D eigenvalue weighted by Gasteiger charge is 2.16. The molecule has 2 rings (SSSR count). The zero-order valence-corrected chi connectivity index (χ0v) is 11.1. The van der Waals surface area contributed by atoms with E-state index >= 15 is 0 Å². The van der Waals surface area contributed by atoms with Crippen molar-refractivity contribution in [3.63, 3.8) is 0 Å². The number of hydrogen-bond donors (Lipinski definition) is 1. The SMILES string of the molecule is N#Cc1c(/N=N/c2ccccc2N)sc(C=O)c1Cl. The molecular formula is C12H7ClN4OS. The number of nitrogens with two attached hydrogens (primary N) is 1. The predicted molar refractivity (Wildman–Crippen MR) is 74.5 cm³/mol. The van der Waals surface area contributed by atoms with E-state index in [1.807, 2.05) is 6.07 Å². The lowest BCUT2D eigenvalue weighted by Gasteiger charge is -1.96. The number of hydrogen-bond acceptors (Lipinski definition) is 6. The van der Waals surface area contributed by atoms with Gasteiger partial charge in [0.2, 0.25) is 0 Å². The molecule has 0 aliphatic rings. The van der Waals surface area contributed by atoms with Crippen LogP contribution in [0.4, 0.5) is 16.4 Å². The third-order valence-corrected chi connectivity index (χ3v) is 3.76. The molecule has 0 atom stereocenters. The Morgan fingerprint density at radius 3 is 2.74 bits per heavy atom. The summed E-state index contributed by atoms with van der Waals surface area (Å²) in [5.41, 5.74) is 6.83. The lowest BCUT2D eigenvalue weighted by molar-refractivity contribution is 0.112. The van der Waals surface area contributed by atoms with Crippen LogP contribution in [0, 0.1) is 11.3 Å². The molecule has 0 spiro atoms. The standard InChI is InChI=1S/C12H7ClN4OS/c13-11-7(5-14)12(19-10(11)6-18)17-16-9-4-2-1-3-8(9)15/h1-4,6H,15H2/b17-16+. The quantitative estimate of drug-likeness (QED) is 0.524. The number of halogens is 1. The summed E-state index contributed by atoms with van der Waals surface area (Å²) in [6.45, 7) is 0. The number of rotatable bonds is 3. The summed E-state index contributed by atoms with van der Waals surface area (Å²) in [6.07, 6.45) is 0.587. The molecule has 0 radical (unpaired) electrons. The van der Waals surface area contributed by atoms with Crippen molar-refractivity contribution in [2.45, 2.75) is 0 Å². The summed E-state index contributed by atoms with van der Waals surface area (Å²) in [7, 11) is 0. The van der Waals surface area contributed by atoms with E-state index in [0.717, 1.165) is 11.3 Å². The number of nitrogens with zero attached hydrogens (tertiary/aromatic N) is 3. The van der Waals surface area contributed by atoms with Crippen LogP contribution in [0.1, 0.15) is 15.2 Å². The molecule has 1 aromatic carbocycles. The van der Waals surface area contributed by atoms with Gasteiger partial charge in [-0.15, -0.1) is 21.6 Å². The Balaban J connectivity index is 2.42. The fourth-order valence-electron chi connectivity index (χ4n) is 1.34. The number of anilines is 1. The van der Waals surface area contributed by atoms with Crippen molar-refractivity contribution >= 4 is 45.6 Å². The third kappa shape index (κ3) is 2.62. The van der Waals surface area contributed by atoms with Crippen LogP contribution in [0.5, 0.6) is 0 Å². The first-order valence-electron chi connectivity index (χ1n) is 5.11. The highest BCUT2D eigenvalue weighted by Crippen LogP contribution is 2.38. The van der Waals surface area contributed by atoms with Gasteiger partial charge in [-0.3, -0.25) is 4.79 Å². The molecular weight excluding hydrogens is 284 g/mol. The van der Waals surface area contributed by atoms with Crippen molar-refractivity contribution in [2.75, 3.05) is 5.73 Å². The Hall–Kier alpha value is -2.23. The van der Waals surface area contributed by atoms with Gasteiger partial charge in [0.1, 0.15) is 17.3 Å². The number of carbonyl (C=O) groups excluding carboxylic acids is 1. The van der Waals surface area contributed by atoms with E-state index in [0.29, 0.717) is 17.7 Å². The first-order valence-corrected chi connectivity index (χ1v) is 6.30.